The highest BCUT2D eigenvalue weighted by Crippen LogP contribution is 2.14. The number of hydrogen-bond donors (Lipinski definition) is 2. The van der Waals surface area contributed by atoms with Crippen LogP contribution in [0.1, 0.15) is 12.0 Å². The number of rotatable bonds is 3. The summed E-state index contributed by atoms with van der Waals surface area (Å²) < 4.78 is 0. The molecule has 0 saturated carbocycles. The van der Waals surface area contributed by atoms with Crippen LogP contribution < -0.4 is 9.80 Å². The van der Waals surface area contributed by atoms with E-state index in [9.17, 15) is 0 Å². The van der Waals surface area contributed by atoms with Crippen molar-refractivity contribution >= 4 is 11.8 Å². The van der Waals surface area contributed by atoms with E-state index in [0.29, 0.717) is 0 Å². The van der Waals surface area contributed by atoms with Crippen molar-refractivity contribution < 1.29 is 9.80 Å². The average molecular weight is 252 g/mol. The maximum absolute atomic E-state index is 2.32. The van der Waals surface area contributed by atoms with Crippen molar-refractivity contribution in [2.24, 2.45) is 0 Å². The Hall–Kier alpha value is -0.510. The van der Waals surface area contributed by atoms with E-state index >= 15 is 0 Å². The van der Waals surface area contributed by atoms with Gasteiger partial charge in [-0.25, -0.2) is 0 Å². The Balaban J connectivity index is 1.90. The molecule has 1 aliphatic rings. The topological polar surface area (TPSA) is 8.88 Å². The van der Waals surface area contributed by atoms with Gasteiger partial charge in [-0.2, -0.15) is 0 Å². The summed E-state index contributed by atoms with van der Waals surface area (Å²) in [5.41, 5.74) is 1.48. The predicted molar refractivity (Wildman–Crippen MR) is 73.9 cm³/mol. The fraction of sp³-hybridized carbons (Fsp3) is 0.571. The van der Waals surface area contributed by atoms with Gasteiger partial charge in [0, 0.05) is 16.9 Å². The maximum atomic E-state index is 2.32. The van der Waals surface area contributed by atoms with Crippen LogP contribution in [-0.2, 0) is 6.54 Å². The highest BCUT2D eigenvalue weighted by atomic mass is 32.2. The lowest BCUT2D eigenvalue weighted by molar-refractivity contribution is -0.938. The molecule has 94 valence electrons. The summed E-state index contributed by atoms with van der Waals surface area (Å²) >= 11 is 1.82. The number of benzene rings is 1. The molecule has 3 heteroatoms. The molecule has 2 nitrogen and oxygen atoms in total. The molecule has 2 N–H and O–H groups in total. The molecule has 0 spiro atoms. The van der Waals surface area contributed by atoms with Crippen molar-refractivity contribution in [3.63, 3.8) is 0 Å². The van der Waals surface area contributed by atoms with Gasteiger partial charge in [0.05, 0.1) is 20.1 Å². The van der Waals surface area contributed by atoms with Crippen LogP contribution in [-0.4, -0.2) is 39.5 Å². The zero-order valence-electron chi connectivity index (χ0n) is 11.0. The van der Waals surface area contributed by atoms with Gasteiger partial charge < -0.3 is 9.80 Å². The first kappa shape index (κ1) is 12.9. The van der Waals surface area contributed by atoms with E-state index in [1.54, 1.807) is 9.80 Å². The van der Waals surface area contributed by atoms with Crippen LogP contribution >= 0.6 is 11.8 Å². The zero-order valence-corrected chi connectivity index (χ0v) is 11.8. The fourth-order valence-electron chi connectivity index (χ4n) is 2.49. The molecule has 0 amide bonds. The summed E-state index contributed by atoms with van der Waals surface area (Å²) in [6.07, 6.45) is 3.50. The quantitative estimate of drug-likeness (QED) is 0.703. The van der Waals surface area contributed by atoms with Gasteiger partial charge in [-0.15, -0.1) is 11.8 Å². The molecule has 0 aromatic heterocycles. The van der Waals surface area contributed by atoms with Gasteiger partial charge in [-0.05, 0) is 18.4 Å². The first-order valence-corrected chi connectivity index (χ1v) is 7.78. The molecule has 1 fully saturated rings. The van der Waals surface area contributed by atoms with Crippen LogP contribution in [0.25, 0.3) is 0 Å². The number of likely N-dealkylation sites (N-methyl/N-ethyl adjacent to an activating group) is 1. The van der Waals surface area contributed by atoms with Crippen molar-refractivity contribution in [1.29, 1.82) is 0 Å². The van der Waals surface area contributed by atoms with Crippen LogP contribution in [0.5, 0.6) is 0 Å². The largest absolute Gasteiger partial charge is 0.333 e. The normalized spacial score (nSPS) is 25.5. The number of hydrogen-bond acceptors (Lipinski definition) is 1. The Morgan fingerprint density at radius 3 is 2.53 bits per heavy atom. The third-order valence-corrected chi connectivity index (χ3v) is 4.40. The van der Waals surface area contributed by atoms with Gasteiger partial charge in [0.25, 0.3) is 0 Å². The third-order valence-electron chi connectivity index (χ3n) is 3.65. The number of quaternary nitrogens is 2. The van der Waals surface area contributed by atoms with E-state index in [2.05, 4.69) is 37.6 Å². The van der Waals surface area contributed by atoms with Gasteiger partial charge in [0.15, 0.2) is 0 Å². The molecule has 1 aliphatic heterocycles. The molecule has 0 radical (unpaired) electrons. The molecular formula is C14H24N2S+2. The van der Waals surface area contributed by atoms with Crippen LogP contribution in [0.3, 0.4) is 0 Å². The summed E-state index contributed by atoms with van der Waals surface area (Å²) in [7, 11) is 2.32. The van der Waals surface area contributed by atoms with Gasteiger partial charge in [0.2, 0.25) is 0 Å². The Labute approximate surface area is 109 Å². The molecule has 0 aliphatic carbocycles. The second-order valence-electron chi connectivity index (χ2n) is 5.09. The zero-order chi connectivity index (χ0) is 12.1. The Bertz CT molecular complexity index is 337. The van der Waals surface area contributed by atoms with E-state index in [4.69, 9.17) is 0 Å². The first-order chi connectivity index (χ1) is 8.28. The lowest BCUT2D eigenvalue weighted by Crippen LogP contribution is -3.15. The van der Waals surface area contributed by atoms with E-state index in [0.717, 1.165) is 0 Å². The van der Waals surface area contributed by atoms with Crippen LogP contribution in [0.15, 0.2) is 29.2 Å². The van der Waals surface area contributed by atoms with Crippen molar-refractivity contribution in [2.75, 3.05) is 39.5 Å². The van der Waals surface area contributed by atoms with Gasteiger partial charge in [-0.3, -0.25) is 0 Å². The molecule has 1 saturated heterocycles. The van der Waals surface area contributed by atoms with Crippen LogP contribution in [0.2, 0.25) is 0 Å². The SMILES string of the molecule is CSc1ccc(C[NH+]2CCC[NH+](C)CC2)cc1. The summed E-state index contributed by atoms with van der Waals surface area (Å²) in [6.45, 7) is 6.51. The Kier molecular flexibility index (Phi) is 4.89. The van der Waals surface area contributed by atoms with Crippen LogP contribution in [0.4, 0.5) is 0 Å². The minimum atomic E-state index is 1.20. The van der Waals surface area contributed by atoms with E-state index in [-0.39, 0.29) is 0 Å². The van der Waals surface area contributed by atoms with E-state index in [1.165, 1.54) is 49.6 Å². The predicted octanol–water partition coefficient (Wildman–Crippen LogP) is -0.288. The molecule has 2 unspecified atom stereocenters. The Morgan fingerprint density at radius 2 is 1.82 bits per heavy atom. The smallest absolute Gasteiger partial charge is 0.127 e. The molecule has 2 rings (SSSR count). The summed E-state index contributed by atoms with van der Waals surface area (Å²) in [5.74, 6) is 0. The Morgan fingerprint density at radius 1 is 1.06 bits per heavy atom. The van der Waals surface area contributed by atoms with Gasteiger partial charge in [-0.1, -0.05) is 12.1 Å². The van der Waals surface area contributed by atoms with Gasteiger partial charge in [0.1, 0.15) is 19.6 Å². The maximum Gasteiger partial charge on any atom is 0.127 e. The lowest BCUT2D eigenvalue weighted by Gasteiger charge is -2.16. The molecule has 1 heterocycles. The highest BCUT2D eigenvalue weighted by Gasteiger charge is 2.17. The summed E-state index contributed by atoms with van der Waals surface area (Å²) in [5, 5.41) is 0. The highest BCUT2D eigenvalue weighted by molar-refractivity contribution is 7.98. The third kappa shape index (κ3) is 4.02. The van der Waals surface area contributed by atoms with Crippen LogP contribution in [0, 0.1) is 0 Å². The van der Waals surface area contributed by atoms with Crippen molar-refractivity contribution in [3.05, 3.63) is 29.8 Å². The van der Waals surface area contributed by atoms with E-state index in [1.807, 2.05) is 11.8 Å². The molecule has 17 heavy (non-hydrogen) atoms. The minimum Gasteiger partial charge on any atom is -0.333 e. The summed E-state index contributed by atoms with van der Waals surface area (Å²) in [6, 6.07) is 9.07. The van der Waals surface area contributed by atoms with E-state index < -0.39 is 0 Å². The summed E-state index contributed by atoms with van der Waals surface area (Å²) in [4.78, 5) is 4.81. The second-order valence-corrected chi connectivity index (χ2v) is 5.97. The monoisotopic (exact) mass is 252 g/mol. The standard InChI is InChI=1S/C14H22N2S/c1-15-8-3-9-16(11-10-15)12-13-4-6-14(17-2)7-5-13/h4-7H,3,8-12H2,1-2H3/p+2. The fourth-order valence-corrected chi connectivity index (χ4v) is 2.90. The van der Waals surface area contributed by atoms with Crippen molar-refractivity contribution in [3.8, 4) is 0 Å². The second kappa shape index (κ2) is 6.43. The van der Waals surface area contributed by atoms with Gasteiger partial charge >= 0.3 is 0 Å². The lowest BCUT2D eigenvalue weighted by atomic mass is 10.2. The molecule has 2 atom stereocenters. The average Bonchev–Trinajstić information content (AvgIpc) is 2.56. The molecule has 1 aromatic carbocycles. The number of nitrogens with one attached hydrogen (secondary N) is 2. The van der Waals surface area contributed by atoms with Crippen molar-refractivity contribution in [2.45, 2.75) is 17.9 Å². The number of thioether (sulfide) groups is 1. The first-order valence-electron chi connectivity index (χ1n) is 6.56. The molecular weight excluding hydrogens is 228 g/mol. The molecule has 1 aromatic rings. The molecule has 0 bridgehead atoms. The minimum absolute atomic E-state index is 1.20. The van der Waals surface area contributed by atoms with Crippen molar-refractivity contribution in [1.82, 2.24) is 0 Å².